The van der Waals surface area contributed by atoms with Crippen molar-refractivity contribution in [2.75, 3.05) is 19.7 Å². The van der Waals surface area contributed by atoms with Gasteiger partial charge in [0.2, 0.25) is 59.1 Å². The van der Waals surface area contributed by atoms with E-state index in [2.05, 4.69) is 42.5 Å². The van der Waals surface area contributed by atoms with Gasteiger partial charge >= 0.3 is 5.97 Å². The molecule has 1 aliphatic heterocycles. The lowest BCUT2D eigenvalue weighted by molar-refractivity contribution is -0.143. The van der Waals surface area contributed by atoms with Crippen LogP contribution >= 0.6 is 0 Å². The molecule has 1 heterocycles. The predicted octanol–water partition coefficient (Wildman–Crippen LogP) is -2.35. The Hall–Kier alpha value is -7.43. The molecule has 0 saturated carbocycles. The fraction of sp³-hybridized carbons (Fsp3) is 0.521. The highest BCUT2D eigenvalue weighted by Gasteiger charge is 2.34. The van der Waals surface area contributed by atoms with Gasteiger partial charge in [-0.15, -0.1) is 0 Å². The van der Waals surface area contributed by atoms with E-state index in [1.807, 2.05) is 0 Å². The lowest BCUT2D eigenvalue weighted by atomic mass is 10.0. The average Bonchev–Trinajstić information content (AvgIpc) is 3.87. The van der Waals surface area contributed by atoms with Gasteiger partial charge in [-0.05, 0) is 69.0 Å². The number of primary amides is 3. The molecule has 2 aromatic rings. The molecular weight excluding hydrogens is 923 g/mol. The molecule has 3 rings (SSSR count). The molecule has 1 fully saturated rings. The van der Waals surface area contributed by atoms with E-state index in [4.69, 9.17) is 21.9 Å². The fourth-order valence-electron chi connectivity index (χ4n) is 7.52. The van der Waals surface area contributed by atoms with Crippen molar-refractivity contribution in [2.24, 2.45) is 23.1 Å². The smallest absolute Gasteiger partial charge is 0.305 e. The second kappa shape index (κ2) is 30.2. The van der Waals surface area contributed by atoms with Gasteiger partial charge in [-0.2, -0.15) is 0 Å². The molecule has 23 heteroatoms. The number of rotatable bonds is 31. The normalized spacial score (nSPS) is 15.5. The topological polar surface area (TPSA) is 371 Å². The quantitative estimate of drug-likeness (QED) is 0.0353. The number of carbonyl (C=O) groups is 11. The standard InChI is InChI=1S/C48H69N11O12/c1-4-71-41(63)22-19-31(42(51)64)55-47(69)35(24-28(2)3)54-40(62)27-53-43(65)36(25-29-12-7-5-8-13-29)58-48(70)37(26-30-14-9-6-10-15-30)59-46(68)34(18-21-39(50)61)57-45(67)33(17-20-38(49)60)56-44(66)32-16-11-23-52-32/h5-10,12-15,28,31-37,52H,4,11,16-27H2,1-3H3,(H2,49,60)(H2,50,61)(H2,51,64)(H,53,65)(H,54,62)(H,55,69)(H,56,66)(H,57,67)(H,58,70)(H,59,68)/t31-,32-,33-,34-,35-,36-,37-/m0/s1. The summed E-state index contributed by atoms with van der Waals surface area (Å²) in [4.78, 5) is 144. The highest BCUT2D eigenvalue weighted by Crippen LogP contribution is 2.12. The lowest BCUT2D eigenvalue weighted by Crippen LogP contribution is -2.59. The minimum absolute atomic E-state index is 0.0865. The summed E-state index contributed by atoms with van der Waals surface area (Å²) in [5.74, 6) is -8.68. The molecular formula is C48H69N11O12. The number of nitrogens with two attached hydrogens (primary N) is 3. The van der Waals surface area contributed by atoms with E-state index >= 15 is 0 Å². The van der Waals surface area contributed by atoms with Gasteiger partial charge in [0.25, 0.3) is 0 Å². The van der Waals surface area contributed by atoms with Crippen LogP contribution in [-0.4, -0.2) is 127 Å². The van der Waals surface area contributed by atoms with Crippen LogP contribution in [-0.2, 0) is 70.3 Å². The molecule has 2 aromatic carbocycles. The first-order chi connectivity index (χ1) is 33.8. The first kappa shape index (κ1) is 57.9. The van der Waals surface area contributed by atoms with E-state index in [0.29, 0.717) is 24.1 Å². The Balaban J connectivity index is 1.85. The van der Waals surface area contributed by atoms with Gasteiger partial charge in [0, 0.05) is 32.1 Å². The fourth-order valence-corrected chi connectivity index (χ4v) is 7.52. The molecule has 0 aromatic heterocycles. The van der Waals surface area contributed by atoms with Crippen LogP contribution in [0.15, 0.2) is 60.7 Å². The van der Waals surface area contributed by atoms with Gasteiger partial charge in [0.1, 0.15) is 36.3 Å². The van der Waals surface area contributed by atoms with Crippen molar-refractivity contribution in [1.29, 1.82) is 0 Å². The van der Waals surface area contributed by atoms with Crippen LogP contribution in [0, 0.1) is 5.92 Å². The largest absolute Gasteiger partial charge is 0.466 e. The molecule has 0 bridgehead atoms. The maximum Gasteiger partial charge on any atom is 0.305 e. The number of amides is 10. The van der Waals surface area contributed by atoms with E-state index in [1.165, 1.54) is 0 Å². The zero-order valence-corrected chi connectivity index (χ0v) is 40.4. The third-order valence-electron chi connectivity index (χ3n) is 11.2. The van der Waals surface area contributed by atoms with Crippen molar-refractivity contribution in [1.82, 2.24) is 42.5 Å². The maximum atomic E-state index is 14.4. The SMILES string of the molecule is CCOC(=O)CC[C@H](NC(=O)[C@H](CC(C)C)NC(=O)CNC(=O)[C@H](Cc1ccccc1)NC(=O)[C@H](Cc1ccccc1)NC(=O)[C@H](CCC(N)=O)NC(=O)[C@H](CCC(N)=O)NC(=O)[C@@H]1CCCN1)C(N)=O. The molecule has 7 atom stereocenters. The maximum absolute atomic E-state index is 14.4. The van der Waals surface area contributed by atoms with Crippen molar-refractivity contribution >= 4 is 65.0 Å². The van der Waals surface area contributed by atoms with Crippen LogP contribution < -0.4 is 59.7 Å². The summed E-state index contributed by atoms with van der Waals surface area (Å²) in [5, 5.41) is 21.0. The van der Waals surface area contributed by atoms with E-state index in [1.54, 1.807) is 81.4 Å². The first-order valence-corrected chi connectivity index (χ1v) is 23.7. The van der Waals surface area contributed by atoms with Gasteiger partial charge < -0.3 is 64.5 Å². The number of hydrogen-bond acceptors (Lipinski definition) is 13. The van der Waals surface area contributed by atoms with E-state index < -0.39 is 114 Å². The third-order valence-corrected chi connectivity index (χ3v) is 11.2. The van der Waals surface area contributed by atoms with Gasteiger partial charge in [-0.1, -0.05) is 74.5 Å². The highest BCUT2D eigenvalue weighted by molar-refractivity contribution is 5.97. The summed E-state index contributed by atoms with van der Waals surface area (Å²) in [6.07, 6.45) is -0.395. The minimum atomic E-state index is -1.49. The monoisotopic (exact) mass is 992 g/mol. The van der Waals surface area contributed by atoms with Gasteiger partial charge in [0.05, 0.1) is 19.2 Å². The first-order valence-electron chi connectivity index (χ1n) is 23.7. The minimum Gasteiger partial charge on any atom is -0.466 e. The number of nitrogens with one attached hydrogen (secondary N) is 8. The Morgan fingerprint density at radius 3 is 1.54 bits per heavy atom. The number of hydrogen-bond donors (Lipinski definition) is 11. The van der Waals surface area contributed by atoms with E-state index in [0.717, 1.165) is 6.42 Å². The molecule has 0 aliphatic carbocycles. The van der Waals surface area contributed by atoms with Gasteiger partial charge in [0.15, 0.2) is 0 Å². The summed E-state index contributed by atoms with van der Waals surface area (Å²) >= 11 is 0. The molecule has 388 valence electrons. The third kappa shape index (κ3) is 21.8. The van der Waals surface area contributed by atoms with Crippen molar-refractivity contribution in [2.45, 2.75) is 134 Å². The molecule has 23 nitrogen and oxygen atoms in total. The molecule has 0 spiro atoms. The van der Waals surface area contributed by atoms with Crippen molar-refractivity contribution in [3.05, 3.63) is 71.8 Å². The Morgan fingerprint density at radius 1 is 0.592 bits per heavy atom. The van der Waals surface area contributed by atoms with Crippen LogP contribution in [0.5, 0.6) is 0 Å². The van der Waals surface area contributed by atoms with Crippen molar-refractivity contribution < 1.29 is 57.5 Å². The Labute approximate surface area is 412 Å². The van der Waals surface area contributed by atoms with E-state index in [9.17, 15) is 52.7 Å². The van der Waals surface area contributed by atoms with Crippen LogP contribution in [0.2, 0.25) is 0 Å². The summed E-state index contributed by atoms with van der Waals surface area (Å²) in [6.45, 7) is 5.26. The van der Waals surface area contributed by atoms with Gasteiger partial charge in [-0.3, -0.25) is 52.7 Å². The highest BCUT2D eigenvalue weighted by atomic mass is 16.5. The van der Waals surface area contributed by atoms with Crippen molar-refractivity contribution in [3.8, 4) is 0 Å². The number of ether oxygens (including phenoxy) is 1. The second-order valence-corrected chi connectivity index (χ2v) is 17.6. The van der Waals surface area contributed by atoms with Gasteiger partial charge in [-0.25, -0.2) is 0 Å². The Morgan fingerprint density at radius 2 is 1.06 bits per heavy atom. The van der Waals surface area contributed by atoms with Crippen LogP contribution in [0.25, 0.3) is 0 Å². The molecule has 10 amide bonds. The lowest BCUT2D eigenvalue weighted by Gasteiger charge is -2.27. The summed E-state index contributed by atoms with van der Waals surface area (Å²) in [5.41, 5.74) is 17.5. The zero-order valence-electron chi connectivity index (χ0n) is 40.4. The number of benzene rings is 2. The summed E-state index contributed by atoms with van der Waals surface area (Å²) < 4.78 is 4.89. The van der Waals surface area contributed by atoms with Crippen LogP contribution in [0.1, 0.15) is 89.7 Å². The number of esters is 1. The molecule has 0 unspecified atom stereocenters. The van der Waals surface area contributed by atoms with Crippen LogP contribution in [0.4, 0.5) is 0 Å². The molecule has 71 heavy (non-hydrogen) atoms. The number of carbonyl (C=O) groups excluding carboxylic acids is 11. The predicted molar refractivity (Wildman–Crippen MR) is 257 cm³/mol. The van der Waals surface area contributed by atoms with Crippen LogP contribution in [0.3, 0.4) is 0 Å². The second-order valence-electron chi connectivity index (χ2n) is 17.6. The molecule has 1 aliphatic rings. The Bertz CT molecular complexity index is 2160. The Kier molecular flexibility index (Phi) is 24.7. The molecule has 14 N–H and O–H groups in total. The van der Waals surface area contributed by atoms with E-state index in [-0.39, 0.29) is 70.3 Å². The van der Waals surface area contributed by atoms with Crippen molar-refractivity contribution in [3.63, 3.8) is 0 Å². The molecule has 1 saturated heterocycles. The summed E-state index contributed by atoms with van der Waals surface area (Å²) in [7, 11) is 0. The molecule has 0 radical (unpaired) electrons. The average molecular weight is 992 g/mol. The zero-order chi connectivity index (χ0) is 52.5. The summed E-state index contributed by atoms with van der Waals surface area (Å²) in [6, 6.07) is 8.54.